The number of piperidine rings is 1. The number of hydrogen-bond acceptors (Lipinski definition) is 4. The third kappa shape index (κ3) is 6.53. The minimum absolute atomic E-state index is 0.0701. The van der Waals surface area contributed by atoms with Crippen LogP contribution in [0.25, 0.3) is 0 Å². The molecule has 2 heterocycles. The molecule has 29 heavy (non-hydrogen) atoms. The van der Waals surface area contributed by atoms with Gasteiger partial charge in [-0.05, 0) is 64.0 Å². The van der Waals surface area contributed by atoms with Crippen molar-refractivity contribution < 1.29 is 9.53 Å². The van der Waals surface area contributed by atoms with Crippen LogP contribution in [-0.2, 0) is 16.1 Å². The lowest BCUT2D eigenvalue weighted by molar-refractivity contribution is -0.122. The summed E-state index contributed by atoms with van der Waals surface area (Å²) in [6.45, 7) is 5.39. The first-order chi connectivity index (χ1) is 14.2. The molecule has 0 aliphatic carbocycles. The summed E-state index contributed by atoms with van der Waals surface area (Å²) in [7, 11) is 3.83. The number of anilines is 1. The van der Waals surface area contributed by atoms with Gasteiger partial charge in [-0.25, -0.2) is 0 Å². The molecule has 0 unspecified atom stereocenters. The highest BCUT2D eigenvalue weighted by Gasteiger charge is 2.25. The molecular weight excluding hydrogens is 362 g/mol. The van der Waals surface area contributed by atoms with Gasteiger partial charge in [0.25, 0.3) is 5.91 Å². The number of hydrogen-bond donors (Lipinski definition) is 0. The fourth-order valence-corrected chi connectivity index (χ4v) is 4.75. The Hall–Kier alpha value is -1.43. The smallest absolute Gasteiger partial charge is 0.252 e. The maximum atomic E-state index is 12.8. The van der Waals surface area contributed by atoms with E-state index in [2.05, 4.69) is 41.1 Å². The van der Waals surface area contributed by atoms with Crippen molar-refractivity contribution in [1.82, 2.24) is 9.80 Å². The second-order valence-corrected chi connectivity index (χ2v) is 8.73. The summed E-state index contributed by atoms with van der Waals surface area (Å²) in [5, 5.41) is 0. The van der Waals surface area contributed by atoms with E-state index in [4.69, 9.17) is 4.74 Å². The molecule has 1 saturated heterocycles. The lowest BCUT2D eigenvalue weighted by Crippen LogP contribution is -2.44. The Labute approximate surface area is 177 Å². The van der Waals surface area contributed by atoms with Gasteiger partial charge in [-0.3, -0.25) is 9.69 Å². The lowest BCUT2D eigenvalue weighted by Gasteiger charge is -2.38. The van der Waals surface area contributed by atoms with Crippen molar-refractivity contribution in [3.05, 3.63) is 29.8 Å². The number of ether oxygens (including phenoxy) is 1. The first-order valence-corrected chi connectivity index (χ1v) is 11.5. The van der Waals surface area contributed by atoms with Crippen molar-refractivity contribution in [2.45, 2.75) is 64.0 Å². The van der Waals surface area contributed by atoms with E-state index in [0.717, 1.165) is 31.7 Å². The number of fused-ring (bicyclic) bond motifs is 1. The van der Waals surface area contributed by atoms with Crippen LogP contribution in [-0.4, -0.2) is 68.7 Å². The molecule has 2 aliphatic heterocycles. The Bertz CT molecular complexity index is 628. The quantitative estimate of drug-likeness (QED) is 0.769. The molecule has 3 rings (SSSR count). The first kappa shape index (κ1) is 22.3. The number of amides is 1. The van der Waals surface area contributed by atoms with Gasteiger partial charge >= 0.3 is 0 Å². The number of benzene rings is 1. The van der Waals surface area contributed by atoms with E-state index in [1.807, 2.05) is 4.90 Å². The molecule has 0 saturated carbocycles. The minimum atomic E-state index is 0.0701. The molecule has 0 radical (unpaired) electrons. The normalized spacial score (nSPS) is 21.7. The van der Waals surface area contributed by atoms with Crippen LogP contribution in [0.5, 0.6) is 0 Å². The zero-order chi connectivity index (χ0) is 20.5. The van der Waals surface area contributed by atoms with Gasteiger partial charge in [0.15, 0.2) is 0 Å². The van der Waals surface area contributed by atoms with Crippen LogP contribution in [0, 0.1) is 0 Å². The molecule has 5 heteroatoms. The highest BCUT2D eigenvalue weighted by molar-refractivity contribution is 5.95. The van der Waals surface area contributed by atoms with Gasteiger partial charge in [0, 0.05) is 31.9 Å². The van der Waals surface area contributed by atoms with Crippen LogP contribution in [0.1, 0.15) is 56.9 Å². The van der Waals surface area contributed by atoms with Crippen LogP contribution in [0.4, 0.5) is 5.69 Å². The van der Waals surface area contributed by atoms with E-state index in [1.165, 1.54) is 63.6 Å². The number of nitrogens with zero attached hydrogens (tertiary/aromatic N) is 3. The summed E-state index contributed by atoms with van der Waals surface area (Å²) >= 11 is 0. The third-order valence-electron chi connectivity index (χ3n) is 6.51. The van der Waals surface area contributed by atoms with E-state index < -0.39 is 0 Å². The molecule has 5 nitrogen and oxygen atoms in total. The van der Waals surface area contributed by atoms with E-state index in [9.17, 15) is 4.79 Å². The number of para-hydroxylation sites is 1. The molecule has 1 aromatic carbocycles. The molecule has 0 atom stereocenters. The van der Waals surface area contributed by atoms with Gasteiger partial charge in [0.2, 0.25) is 0 Å². The standard InChI is InChI=1S/C24H39N3O2/c1-25-17-13-22(14-18-25)26-15-9-5-3-4-6-10-16-27(24(28)20-29-2)23-12-8-7-11-21(23)19-26/h7-8,11-12,22H,3-6,9-10,13-20H2,1-2H3. The molecule has 0 aromatic heterocycles. The molecular formula is C24H39N3O2. The first-order valence-electron chi connectivity index (χ1n) is 11.5. The predicted molar refractivity (Wildman–Crippen MR) is 119 cm³/mol. The van der Waals surface area contributed by atoms with Crippen molar-refractivity contribution in [2.75, 3.05) is 51.8 Å². The zero-order valence-electron chi connectivity index (χ0n) is 18.4. The Morgan fingerprint density at radius 2 is 1.62 bits per heavy atom. The molecule has 1 aromatic rings. The van der Waals surface area contributed by atoms with Gasteiger partial charge in [-0.2, -0.15) is 0 Å². The number of carbonyl (C=O) groups excluding carboxylic acids is 1. The van der Waals surface area contributed by atoms with Crippen molar-refractivity contribution in [1.29, 1.82) is 0 Å². The van der Waals surface area contributed by atoms with Gasteiger partial charge in [-0.1, -0.05) is 43.9 Å². The molecule has 0 bridgehead atoms. The maximum absolute atomic E-state index is 12.8. The SMILES string of the molecule is COCC(=O)N1CCCCCCCCN(C2CCN(C)CC2)Cc2ccccc21. The van der Waals surface area contributed by atoms with Crippen LogP contribution in [0.15, 0.2) is 24.3 Å². The van der Waals surface area contributed by atoms with Crippen molar-refractivity contribution in [3.63, 3.8) is 0 Å². The fraction of sp³-hybridized carbons (Fsp3) is 0.708. The van der Waals surface area contributed by atoms with Crippen molar-refractivity contribution >= 4 is 11.6 Å². The molecule has 0 spiro atoms. The van der Waals surface area contributed by atoms with Crippen LogP contribution < -0.4 is 4.90 Å². The Morgan fingerprint density at radius 1 is 0.966 bits per heavy atom. The second kappa shape index (κ2) is 11.7. The van der Waals surface area contributed by atoms with Crippen LogP contribution >= 0.6 is 0 Å². The summed E-state index contributed by atoms with van der Waals surface area (Å²) < 4.78 is 5.18. The van der Waals surface area contributed by atoms with Gasteiger partial charge < -0.3 is 14.5 Å². The molecule has 162 valence electrons. The molecule has 1 amide bonds. The van der Waals surface area contributed by atoms with E-state index in [0.29, 0.717) is 6.04 Å². The maximum Gasteiger partial charge on any atom is 0.252 e. The van der Waals surface area contributed by atoms with Crippen molar-refractivity contribution in [2.24, 2.45) is 0 Å². The van der Waals surface area contributed by atoms with Gasteiger partial charge in [-0.15, -0.1) is 0 Å². The average Bonchev–Trinajstić information content (AvgIpc) is 2.74. The Kier molecular flexibility index (Phi) is 8.96. The number of rotatable bonds is 3. The topological polar surface area (TPSA) is 36.0 Å². The van der Waals surface area contributed by atoms with E-state index >= 15 is 0 Å². The Morgan fingerprint density at radius 3 is 2.34 bits per heavy atom. The largest absolute Gasteiger partial charge is 0.375 e. The molecule has 0 N–H and O–H groups in total. The van der Waals surface area contributed by atoms with E-state index in [-0.39, 0.29) is 12.5 Å². The average molecular weight is 402 g/mol. The lowest BCUT2D eigenvalue weighted by atomic mass is 10.0. The fourth-order valence-electron chi connectivity index (χ4n) is 4.75. The number of carbonyl (C=O) groups is 1. The van der Waals surface area contributed by atoms with Gasteiger partial charge in [0.1, 0.15) is 6.61 Å². The number of methoxy groups -OCH3 is 1. The van der Waals surface area contributed by atoms with Crippen molar-refractivity contribution in [3.8, 4) is 0 Å². The zero-order valence-corrected chi connectivity index (χ0v) is 18.4. The van der Waals surface area contributed by atoms with E-state index in [1.54, 1.807) is 7.11 Å². The summed E-state index contributed by atoms with van der Waals surface area (Å²) in [4.78, 5) is 20.0. The van der Waals surface area contributed by atoms with Crippen LogP contribution in [0.2, 0.25) is 0 Å². The Balaban J connectivity index is 1.85. The molecule has 1 fully saturated rings. The number of likely N-dealkylation sites (tertiary alicyclic amines) is 1. The highest BCUT2D eigenvalue weighted by atomic mass is 16.5. The highest BCUT2D eigenvalue weighted by Crippen LogP contribution is 2.27. The summed E-state index contributed by atoms with van der Waals surface area (Å²) in [6.07, 6.45) is 9.90. The summed E-state index contributed by atoms with van der Waals surface area (Å²) in [6, 6.07) is 9.15. The summed E-state index contributed by atoms with van der Waals surface area (Å²) in [5.41, 5.74) is 2.35. The predicted octanol–water partition coefficient (Wildman–Crippen LogP) is 3.92. The van der Waals surface area contributed by atoms with Crippen LogP contribution in [0.3, 0.4) is 0 Å². The van der Waals surface area contributed by atoms with Gasteiger partial charge in [0.05, 0.1) is 0 Å². The monoisotopic (exact) mass is 401 g/mol. The minimum Gasteiger partial charge on any atom is -0.375 e. The summed E-state index contributed by atoms with van der Waals surface area (Å²) in [5.74, 6) is 0.0701. The molecule has 2 aliphatic rings. The second-order valence-electron chi connectivity index (χ2n) is 8.73. The third-order valence-corrected chi connectivity index (χ3v) is 6.51.